The maximum absolute atomic E-state index is 12.8. The van der Waals surface area contributed by atoms with Crippen molar-refractivity contribution in [3.63, 3.8) is 0 Å². The second-order valence-corrected chi connectivity index (χ2v) is 5.72. The van der Waals surface area contributed by atoms with Crippen molar-refractivity contribution < 1.29 is 23.1 Å². The van der Waals surface area contributed by atoms with Crippen LogP contribution in [0.5, 0.6) is 0 Å². The average Bonchev–Trinajstić information content (AvgIpc) is 2.82. The Morgan fingerprint density at radius 2 is 2.10 bits per heavy atom. The first kappa shape index (κ1) is 15.8. The zero-order valence-corrected chi connectivity index (χ0v) is 12.5. The summed E-state index contributed by atoms with van der Waals surface area (Å²) in [5.74, 6) is -1.32. The van der Waals surface area contributed by atoms with Crippen LogP contribution in [0.4, 0.5) is 13.2 Å². The molecule has 0 spiro atoms. The van der Waals surface area contributed by atoms with E-state index in [4.69, 9.17) is 5.11 Å². The van der Waals surface area contributed by atoms with Crippen LogP contribution in [0.15, 0.2) is 34.2 Å². The van der Waals surface area contributed by atoms with E-state index in [-0.39, 0.29) is 21.1 Å². The normalized spacial score (nSPS) is 11.6. The molecule has 1 N–H and O–H groups in total. The molecular weight excluding hydrogens is 375 g/mol. The Kier molecular flexibility index (Phi) is 4.57. The highest BCUT2D eigenvalue weighted by Crippen LogP contribution is 2.33. The summed E-state index contributed by atoms with van der Waals surface area (Å²) in [6.45, 7) is 0. The molecule has 2 rings (SSSR count). The van der Waals surface area contributed by atoms with E-state index < -0.39 is 17.7 Å². The second-order valence-electron chi connectivity index (χ2n) is 3.86. The molecule has 1 aromatic heterocycles. The predicted octanol–water partition coefficient (Wildman–Crippen LogP) is 3.23. The van der Waals surface area contributed by atoms with Gasteiger partial charge in [0, 0.05) is 4.47 Å². The minimum atomic E-state index is -4.49. The molecule has 0 saturated heterocycles. The number of thioether (sulfide) groups is 1. The summed E-state index contributed by atoms with van der Waals surface area (Å²) in [6, 6.07) is 3.36. The highest BCUT2D eigenvalue weighted by atomic mass is 79.9. The highest BCUT2D eigenvalue weighted by molar-refractivity contribution is 9.10. The van der Waals surface area contributed by atoms with Crippen LogP contribution in [0.3, 0.4) is 0 Å². The van der Waals surface area contributed by atoms with Crippen LogP contribution in [0, 0.1) is 0 Å². The number of nitrogens with zero attached hydrogens (tertiary/aromatic N) is 3. The molecule has 21 heavy (non-hydrogen) atoms. The predicted molar refractivity (Wildman–Crippen MR) is 72.4 cm³/mol. The van der Waals surface area contributed by atoms with Crippen molar-refractivity contribution in [1.82, 2.24) is 14.8 Å². The fraction of sp³-hybridized carbons (Fsp3) is 0.182. The van der Waals surface area contributed by atoms with Crippen LogP contribution in [0.2, 0.25) is 0 Å². The Morgan fingerprint density at radius 3 is 2.71 bits per heavy atom. The van der Waals surface area contributed by atoms with Gasteiger partial charge in [-0.2, -0.15) is 13.2 Å². The molecule has 0 aliphatic rings. The first-order chi connectivity index (χ1) is 9.77. The highest BCUT2D eigenvalue weighted by Gasteiger charge is 2.31. The summed E-state index contributed by atoms with van der Waals surface area (Å²) in [5.41, 5.74) is -0.635. The number of carbonyl (C=O) groups is 1. The quantitative estimate of drug-likeness (QED) is 0.823. The van der Waals surface area contributed by atoms with E-state index in [1.807, 2.05) is 0 Å². The van der Waals surface area contributed by atoms with E-state index >= 15 is 0 Å². The summed E-state index contributed by atoms with van der Waals surface area (Å²) >= 11 is 3.89. The molecule has 0 atom stereocenters. The smallest absolute Gasteiger partial charge is 0.416 e. The van der Waals surface area contributed by atoms with Crippen LogP contribution in [0.25, 0.3) is 5.69 Å². The van der Waals surface area contributed by atoms with Crippen molar-refractivity contribution in [2.24, 2.45) is 0 Å². The molecule has 0 aliphatic carbocycles. The van der Waals surface area contributed by atoms with Gasteiger partial charge in [0.1, 0.15) is 6.33 Å². The summed E-state index contributed by atoms with van der Waals surface area (Å²) < 4.78 is 39.9. The number of hydrogen-bond donors (Lipinski definition) is 1. The topological polar surface area (TPSA) is 68.0 Å². The van der Waals surface area contributed by atoms with Crippen LogP contribution < -0.4 is 0 Å². The van der Waals surface area contributed by atoms with E-state index in [9.17, 15) is 18.0 Å². The van der Waals surface area contributed by atoms with Crippen molar-refractivity contribution >= 4 is 33.7 Å². The number of hydrogen-bond acceptors (Lipinski definition) is 4. The van der Waals surface area contributed by atoms with E-state index in [0.717, 1.165) is 23.9 Å². The van der Waals surface area contributed by atoms with Gasteiger partial charge in [-0.05, 0) is 18.2 Å². The molecule has 2 aromatic rings. The van der Waals surface area contributed by atoms with Gasteiger partial charge in [-0.15, -0.1) is 10.2 Å². The molecule has 0 amide bonds. The summed E-state index contributed by atoms with van der Waals surface area (Å²) in [7, 11) is 0. The van der Waals surface area contributed by atoms with Gasteiger partial charge in [0.15, 0.2) is 5.16 Å². The van der Waals surface area contributed by atoms with Gasteiger partial charge in [0.2, 0.25) is 0 Å². The van der Waals surface area contributed by atoms with Gasteiger partial charge in [0.05, 0.1) is 17.0 Å². The van der Waals surface area contributed by atoms with Crippen LogP contribution >= 0.6 is 27.7 Å². The molecule has 0 saturated carbocycles. The van der Waals surface area contributed by atoms with Crippen molar-refractivity contribution in [1.29, 1.82) is 0 Å². The van der Waals surface area contributed by atoms with E-state index in [0.29, 0.717) is 0 Å². The fourth-order valence-corrected chi connectivity index (χ4v) is 2.63. The van der Waals surface area contributed by atoms with Crippen LogP contribution in [-0.2, 0) is 11.0 Å². The molecule has 5 nitrogen and oxygen atoms in total. The van der Waals surface area contributed by atoms with Gasteiger partial charge >= 0.3 is 12.1 Å². The second kappa shape index (κ2) is 6.06. The number of aromatic nitrogens is 3. The number of alkyl halides is 3. The van der Waals surface area contributed by atoms with Gasteiger partial charge in [-0.3, -0.25) is 9.36 Å². The third-order valence-corrected chi connectivity index (χ3v) is 3.71. The molecule has 10 heteroatoms. The van der Waals surface area contributed by atoms with Crippen molar-refractivity contribution in [2.75, 3.05) is 5.75 Å². The summed E-state index contributed by atoms with van der Waals surface area (Å²) in [5, 5.41) is 16.1. The van der Waals surface area contributed by atoms with Crippen LogP contribution in [0.1, 0.15) is 5.56 Å². The molecule has 1 aromatic carbocycles. The van der Waals surface area contributed by atoms with Crippen LogP contribution in [-0.4, -0.2) is 31.6 Å². The Morgan fingerprint density at radius 1 is 1.38 bits per heavy atom. The number of aliphatic carboxylic acids is 1. The molecule has 0 aliphatic heterocycles. The average molecular weight is 382 g/mol. The Bertz CT molecular complexity index is 675. The minimum Gasteiger partial charge on any atom is -0.481 e. The molecule has 112 valence electrons. The lowest BCUT2D eigenvalue weighted by Gasteiger charge is -2.11. The van der Waals surface area contributed by atoms with Gasteiger partial charge in [0.25, 0.3) is 0 Å². The molecule has 0 fully saturated rings. The molecule has 1 heterocycles. The van der Waals surface area contributed by atoms with Crippen molar-refractivity contribution in [3.05, 3.63) is 34.6 Å². The monoisotopic (exact) mass is 381 g/mol. The van der Waals surface area contributed by atoms with Crippen molar-refractivity contribution in [3.8, 4) is 5.69 Å². The lowest BCUT2D eigenvalue weighted by Crippen LogP contribution is -2.07. The molecule has 0 unspecified atom stereocenters. The SMILES string of the molecule is O=C(O)CSc1nncn1-c1cc(Br)cc(C(F)(F)F)c1. The van der Waals surface area contributed by atoms with Crippen molar-refractivity contribution in [2.45, 2.75) is 11.3 Å². The third-order valence-electron chi connectivity index (χ3n) is 2.33. The van der Waals surface area contributed by atoms with Gasteiger partial charge in [-0.1, -0.05) is 27.7 Å². The molecular formula is C11H7BrF3N3O2S. The third kappa shape index (κ3) is 3.97. The largest absolute Gasteiger partial charge is 0.481 e. The van der Waals surface area contributed by atoms with Gasteiger partial charge < -0.3 is 5.11 Å². The number of halogens is 4. The first-order valence-electron chi connectivity index (χ1n) is 5.40. The Balaban J connectivity index is 2.41. The maximum Gasteiger partial charge on any atom is 0.416 e. The number of rotatable bonds is 4. The Labute approximate surface area is 129 Å². The summed E-state index contributed by atoms with van der Waals surface area (Å²) in [6.07, 6.45) is -3.26. The lowest BCUT2D eigenvalue weighted by molar-refractivity contribution is -0.137. The van der Waals surface area contributed by atoms with E-state index in [2.05, 4.69) is 26.1 Å². The maximum atomic E-state index is 12.8. The summed E-state index contributed by atoms with van der Waals surface area (Å²) in [4.78, 5) is 10.5. The number of carboxylic acid groups (broad SMARTS) is 1. The van der Waals surface area contributed by atoms with E-state index in [1.165, 1.54) is 17.0 Å². The standard InChI is InChI=1S/C11H7BrF3N3O2S/c12-7-1-6(11(13,14)15)2-8(3-7)18-5-16-17-10(18)21-4-9(19)20/h1-3,5H,4H2,(H,19,20). The first-order valence-corrected chi connectivity index (χ1v) is 7.18. The lowest BCUT2D eigenvalue weighted by atomic mass is 10.2. The zero-order valence-electron chi connectivity index (χ0n) is 10.1. The van der Waals surface area contributed by atoms with Gasteiger partial charge in [-0.25, -0.2) is 0 Å². The fourth-order valence-electron chi connectivity index (χ4n) is 1.50. The van der Waals surface area contributed by atoms with E-state index in [1.54, 1.807) is 0 Å². The number of benzene rings is 1. The Hall–Kier alpha value is -1.55. The number of carboxylic acids is 1. The zero-order chi connectivity index (χ0) is 15.6. The molecule has 0 radical (unpaired) electrons. The molecule has 0 bridgehead atoms. The minimum absolute atomic E-state index is 0.189.